The number of aryl methyl sites for hydroxylation is 1. The average molecular weight is 300 g/mol. The number of benzene rings is 1. The summed E-state index contributed by atoms with van der Waals surface area (Å²) in [5.41, 5.74) is 2.66. The Bertz CT molecular complexity index is 651. The highest BCUT2D eigenvalue weighted by Crippen LogP contribution is 2.13. The van der Waals surface area contributed by atoms with Crippen LogP contribution in [0.2, 0.25) is 0 Å². The van der Waals surface area contributed by atoms with Crippen molar-refractivity contribution >= 4 is 21.4 Å². The Morgan fingerprint density at radius 1 is 1.32 bits per heavy atom. The normalized spacial score (nSPS) is 11.7. The SMILES string of the molecule is Cc1ncsc1CCNS(=O)(=O)c1ccc(F)cc1. The molecule has 1 aromatic heterocycles. The molecule has 0 saturated heterocycles. The minimum Gasteiger partial charge on any atom is -0.250 e. The molecule has 2 rings (SSSR count). The van der Waals surface area contributed by atoms with E-state index in [0.29, 0.717) is 13.0 Å². The van der Waals surface area contributed by atoms with Gasteiger partial charge >= 0.3 is 0 Å². The highest BCUT2D eigenvalue weighted by molar-refractivity contribution is 7.89. The van der Waals surface area contributed by atoms with Gasteiger partial charge in [0.1, 0.15) is 5.82 Å². The lowest BCUT2D eigenvalue weighted by Crippen LogP contribution is -2.25. The molecule has 0 atom stereocenters. The van der Waals surface area contributed by atoms with Gasteiger partial charge in [-0.15, -0.1) is 11.3 Å². The maximum atomic E-state index is 12.7. The van der Waals surface area contributed by atoms with Gasteiger partial charge in [-0.05, 0) is 37.6 Å². The van der Waals surface area contributed by atoms with Crippen LogP contribution in [0.25, 0.3) is 0 Å². The van der Waals surface area contributed by atoms with Gasteiger partial charge in [-0.2, -0.15) is 0 Å². The van der Waals surface area contributed by atoms with Gasteiger partial charge in [0.25, 0.3) is 0 Å². The van der Waals surface area contributed by atoms with E-state index in [1.165, 1.54) is 23.5 Å². The van der Waals surface area contributed by atoms with E-state index < -0.39 is 15.8 Å². The van der Waals surface area contributed by atoms with Gasteiger partial charge < -0.3 is 0 Å². The molecule has 1 aromatic carbocycles. The van der Waals surface area contributed by atoms with Crippen molar-refractivity contribution < 1.29 is 12.8 Å². The molecule has 7 heteroatoms. The molecule has 0 radical (unpaired) electrons. The molecule has 1 N–H and O–H groups in total. The molecule has 4 nitrogen and oxygen atoms in total. The molecule has 0 bridgehead atoms. The molecular weight excluding hydrogens is 287 g/mol. The van der Waals surface area contributed by atoms with E-state index in [2.05, 4.69) is 9.71 Å². The fourth-order valence-corrected chi connectivity index (χ4v) is 3.38. The largest absolute Gasteiger partial charge is 0.250 e. The van der Waals surface area contributed by atoms with Crippen molar-refractivity contribution in [2.24, 2.45) is 0 Å². The van der Waals surface area contributed by atoms with Crippen molar-refractivity contribution in [3.63, 3.8) is 0 Å². The quantitative estimate of drug-likeness (QED) is 0.920. The number of sulfonamides is 1. The van der Waals surface area contributed by atoms with Crippen LogP contribution in [0.3, 0.4) is 0 Å². The molecule has 0 aliphatic carbocycles. The zero-order valence-electron chi connectivity index (χ0n) is 10.3. The molecule has 0 amide bonds. The third-order valence-electron chi connectivity index (χ3n) is 2.61. The highest BCUT2D eigenvalue weighted by atomic mass is 32.2. The van der Waals surface area contributed by atoms with Gasteiger partial charge in [0.15, 0.2) is 0 Å². The van der Waals surface area contributed by atoms with E-state index in [4.69, 9.17) is 0 Å². The lowest BCUT2D eigenvalue weighted by molar-refractivity contribution is 0.581. The molecule has 2 aromatic rings. The van der Waals surface area contributed by atoms with Gasteiger partial charge in [-0.3, -0.25) is 0 Å². The topological polar surface area (TPSA) is 59.1 Å². The minimum atomic E-state index is -3.58. The van der Waals surface area contributed by atoms with Gasteiger partial charge in [0, 0.05) is 11.4 Å². The van der Waals surface area contributed by atoms with Gasteiger partial charge in [-0.1, -0.05) is 0 Å². The summed E-state index contributed by atoms with van der Waals surface area (Å²) in [6, 6.07) is 4.75. The maximum Gasteiger partial charge on any atom is 0.240 e. The number of rotatable bonds is 5. The summed E-state index contributed by atoms with van der Waals surface area (Å²) in [5, 5.41) is 0. The molecule has 0 spiro atoms. The first-order valence-electron chi connectivity index (χ1n) is 5.63. The van der Waals surface area contributed by atoms with Crippen molar-refractivity contribution in [2.45, 2.75) is 18.2 Å². The molecule has 0 unspecified atom stereocenters. The van der Waals surface area contributed by atoms with Crippen LogP contribution in [0, 0.1) is 12.7 Å². The smallest absolute Gasteiger partial charge is 0.240 e. The van der Waals surface area contributed by atoms with Gasteiger partial charge in [-0.25, -0.2) is 22.5 Å². The van der Waals surface area contributed by atoms with E-state index in [0.717, 1.165) is 22.7 Å². The summed E-state index contributed by atoms with van der Waals surface area (Å²) in [6.45, 7) is 2.18. The molecule has 19 heavy (non-hydrogen) atoms. The average Bonchev–Trinajstić information content (AvgIpc) is 2.75. The van der Waals surface area contributed by atoms with Crippen molar-refractivity contribution in [1.29, 1.82) is 0 Å². The number of thiazole rings is 1. The second-order valence-corrected chi connectivity index (χ2v) is 6.67. The standard InChI is InChI=1S/C12H13FN2O2S2/c1-9-12(18-8-14-9)6-7-15-19(16,17)11-4-2-10(13)3-5-11/h2-5,8,15H,6-7H2,1H3. The minimum absolute atomic E-state index is 0.0647. The predicted octanol–water partition coefficient (Wildman–Crippen LogP) is 2.11. The number of nitrogens with one attached hydrogen (secondary N) is 1. The van der Waals surface area contributed by atoms with E-state index in [9.17, 15) is 12.8 Å². The van der Waals surface area contributed by atoms with Crippen LogP contribution >= 0.6 is 11.3 Å². The molecule has 0 aliphatic heterocycles. The Hall–Kier alpha value is -1.31. The van der Waals surface area contributed by atoms with E-state index in [1.807, 2.05) is 6.92 Å². The Labute approximate surface area is 115 Å². The van der Waals surface area contributed by atoms with Crippen molar-refractivity contribution in [3.8, 4) is 0 Å². The van der Waals surface area contributed by atoms with Crippen LogP contribution < -0.4 is 4.72 Å². The second kappa shape index (κ2) is 5.77. The number of nitrogens with zero attached hydrogens (tertiary/aromatic N) is 1. The molecule has 1 heterocycles. The fraction of sp³-hybridized carbons (Fsp3) is 0.250. The number of hydrogen-bond acceptors (Lipinski definition) is 4. The maximum absolute atomic E-state index is 12.7. The van der Waals surface area contributed by atoms with Gasteiger partial charge in [0.2, 0.25) is 10.0 Å². The zero-order valence-corrected chi connectivity index (χ0v) is 11.9. The second-order valence-electron chi connectivity index (χ2n) is 3.96. The summed E-state index contributed by atoms with van der Waals surface area (Å²) in [4.78, 5) is 5.22. The number of hydrogen-bond donors (Lipinski definition) is 1. The Kier molecular flexibility index (Phi) is 4.28. The van der Waals surface area contributed by atoms with E-state index in [1.54, 1.807) is 5.51 Å². The van der Waals surface area contributed by atoms with Crippen molar-refractivity contribution in [2.75, 3.05) is 6.54 Å². The predicted molar refractivity (Wildman–Crippen MR) is 72.1 cm³/mol. The monoisotopic (exact) mass is 300 g/mol. The number of halogens is 1. The Balaban J connectivity index is 1.98. The van der Waals surface area contributed by atoms with Crippen LogP contribution in [0.1, 0.15) is 10.6 Å². The number of aromatic nitrogens is 1. The van der Waals surface area contributed by atoms with Crippen LogP contribution in [0.5, 0.6) is 0 Å². The van der Waals surface area contributed by atoms with Crippen molar-refractivity contribution in [3.05, 3.63) is 46.2 Å². The fourth-order valence-electron chi connectivity index (χ4n) is 1.56. The lowest BCUT2D eigenvalue weighted by Gasteiger charge is -2.06. The Morgan fingerprint density at radius 2 is 2.00 bits per heavy atom. The highest BCUT2D eigenvalue weighted by Gasteiger charge is 2.13. The van der Waals surface area contributed by atoms with Crippen LogP contribution in [0.15, 0.2) is 34.7 Å². The first kappa shape index (κ1) is 14.1. The molecule has 0 saturated carbocycles. The summed E-state index contributed by atoms with van der Waals surface area (Å²) < 4.78 is 39.0. The van der Waals surface area contributed by atoms with E-state index in [-0.39, 0.29) is 4.90 Å². The molecule has 102 valence electrons. The first-order valence-corrected chi connectivity index (χ1v) is 7.99. The zero-order chi connectivity index (χ0) is 13.9. The summed E-state index contributed by atoms with van der Waals surface area (Å²) in [7, 11) is -3.58. The molecule has 0 fully saturated rings. The third kappa shape index (κ3) is 3.59. The lowest BCUT2D eigenvalue weighted by atomic mass is 10.3. The summed E-state index contributed by atoms with van der Waals surface area (Å²) >= 11 is 1.50. The van der Waals surface area contributed by atoms with Crippen LogP contribution in [0.4, 0.5) is 4.39 Å². The molecular formula is C12H13FN2O2S2. The van der Waals surface area contributed by atoms with Crippen LogP contribution in [-0.2, 0) is 16.4 Å². The van der Waals surface area contributed by atoms with Crippen LogP contribution in [-0.4, -0.2) is 19.9 Å². The summed E-state index contributed by atoms with van der Waals surface area (Å²) in [6.07, 6.45) is 0.594. The third-order valence-corrected chi connectivity index (χ3v) is 5.08. The molecule has 0 aliphatic rings. The van der Waals surface area contributed by atoms with Gasteiger partial charge in [0.05, 0.1) is 16.1 Å². The summed E-state index contributed by atoms with van der Waals surface area (Å²) in [5.74, 6) is -0.459. The van der Waals surface area contributed by atoms with E-state index >= 15 is 0 Å². The van der Waals surface area contributed by atoms with Crippen molar-refractivity contribution in [1.82, 2.24) is 9.71 Å². The Morgan fingerprint density at radius 3 is 2.58 bits per heavy atom. The first-order chi connectivity index (χ1) is 8.99.